The van der Waals surface area contributed by atoms with Gasteiger partial charge in [0.05, 0.1) is 16.7 Å². The van der Waals surface area contributed by atoms with E-state index in [2.05, 4.69) is 0 Å². The lowest BCUT2D eigenvalue weighted by atomic mass is 10.0. The second-order valence-electron chi connectivity index (χ2n) is 3.48. The molecule has 0 unspecified atom stereocenters. The van der Waals surface area contributed by atoms with Gasteiger partial charge in [-0.25, -0.2) is 0 Å². The summed E-state index contributed by atoms with van der Waals surface area (Å²) < 4.78 is 111. The summed E-state index contributed by atoms with van der Waals surface area (Å²) in [6.45, 7) is 0. The van der Waals surface area contributed by atoms with Gasteiger partial charge in [0, 0.05) is 5.69 Å². The molecule has 0 atom stereocenters. The predicted octanol–water partition coefficient (Wildman–Crippen LogP) is 4.33. The van der Waals surface area contributed by atoms with Crippen LogP contribution in [0.1, 0.15) is 16.7 Å². The first-order chi connectivity index (χ1) is 8.24. The molecule has 19 heavy (non-hydrogen) atoms. The van der Waals surface area contributed by atoms with Crippen LogP contribution in [-0.4, -0.2) is 0 Å². The van der Waals surface area contributed by atoms with Gasteiger partial charge < -0.3 is 5.73 Å². The van der Waals surface area contributed by atoms with Crippen molar-refractivity contribution < 1.29 is 39.5 Å². The van der Waals surface area contributed by atoms with Gasteiger partial charge >= 0.3 is 18.5 Å². The van der Waals surface area contributed by atoms with E-state index in [1.54, 1.807) is 0 Å². The van der Waals surface area contributed by atoms with Crippen molar-refractivity contribution in [3.05, 3.63) is 28.8 Å². The zero-order valence-electron chi connectivity index (χ0n) is 8.63. The van der Waals surface area contributed by atoms with Crippen molar-refractivity contribution in [3.63, 3.8) is 0 Å². The quantitative estimate of drug-likeness (QED) is 0.560. The van der Waals surface area contributed by atoms with Crippen molar-refractivity contribution in [2.75, 3.05) is 5.73 Å². The normalized spacial score (nSPS) is 13.7. The van der Waals surface area contributed by atoms with E-state index in [1.807, 2.05) is 0 Å². The van der Waals surface area contributed by atoms with E-state index in [-0.39, 0.29) is 6.07 Å². The molecule has 2 N–H and O–H groups in total. The third-order valence-corrected chi connectivity index (χ3v) is 2.11. The highest BCUT2D eigenvalue weighted by atomic mass is 19.4. The van der Waals surface area contributed by atoms with Gasteiger partial charge in [0.1, 0.15) is 0 Å². The molecule has 1 rings (SSSR count). The molecule has 10 heteroatoms. The Bertz CT molecular complexity index is 480. The summed E-state index contributed by atoms with van der Waals surface area (Å²) in [6, 6.07) is -1.01. The standard InChI is InChI=1S/C9H4F9N/c10-7(11,12)3-1-5(9(16,17)18)6(19)2-4(3)8(13,14)15/h1-2H,19H2. The third-order valence-electron chi connectivity index (χ3n) is 2.11. The number of nitrogens with two attached hydrogens (primary N) is 1. The summed E-state index contributed by atoms with van der Waals surface area (Å²) in [6.07, 6.45) is -16.3. The lowest BCUT2D eigenvalue weighted by molar-refractivity contribution is -0.163. The fraction of sp³-hybridized carbons (Fsp3) is 0.333. The monoisotopic (exact) mass is 297 g/mol. The Morgan fingerprint density at radius 1 is 0.579 bits per heavy atom. The van der Waals surface area contributed by atoms with Crippen LogP contribution in [0.15, 0.2) is 12.1 Å². The van der Waals surface area contributed by atoms with Crippen LogP contribution >= 0.6 is 0 Å². The van der Waals surface area contributed by atoms with E-state index < -0.39 is 47.0 Å². The maximum atomic E-state index is 12.4. The molecule has 0 bridgehead atoms. The maximum absolute atomic E-state index is 12.4. The summed E-state index contributed by atoms with van der Waals surface area (Å²) >= 11 is 0. The number of hydrogen-bond acceptors (Lipinski definition) is 1. The Labute approximate surface area is 99.4 Å². The first-order valence-electron chi connectivity index (χ1n) is 4.39. The Kier molecular flexibility index (Phi) is 3.42. The molecule has 0 aromatic heterocycles. The fourth-order valence-corrected chi connectivity index (χ4v) is 1.33. The van der Waals surface area contributed by atoms with Crippen LogP contribution in [0.2, 0.25) is 0 Å². The zero-order chi connectivity index (χ0) is 15.2. The SMILES string of the molecule is Nc1cc(C(F)(F)F)c(C(F)(F)F)cc1C(F)(F)F. The highest BCUT2D eigenvalue weighted by Crippen LogP contribution is 2.45. The molecule has 1 nitrogen and oxygen atoms in total. The van der Waals surface area contributed by atoms with Crippen LogP contribution in [0.5, 0.6) is 0 Å². The lowest BCUT2D eigenvalue weighted by Gasteiger charge is -2.19. The molecule has 0 radical (unpaired) electrons. The van der Waals surface area contributed by atoms with E-state index in [9.17, 15) is 39.5 Å². The van der Waals surface area contributed by atoms with Crippen molar-refractivity contribution in [1.29, 1.82) is 0 Å². The molecule has 1 aromatic carbocycles. The summed E-state index contributed by atoms with van der Waals surface area (Å²) in [4.78, 5) is 0. The molecule has 108 valence electrons. The number of halogens is 9. The third kappa shape index (κ3) is 3.24. The second-order valence-corrected chi connectivity index (χ2v) is 3.48. The minimum absolute atomic E-state index is 0.369. The van der Waals surface area contributed by atoms with Crippen molar-refractivity contribution in [2.45, 2.75) is 18.5 Å². The molecule has 0 saturated heterocycles. The Morgan fingerprint density at radius 2 is 0.895 bits per heavy atom. The molecule has 1 aromatic rings. The average molecular weight is 297 g/mol. The van der Waals surface area contributed by atoms with Crippen LogP contribution in [0.4, 0.5) is 45.2 Å². The molecular weight excluding hydrogens is 293 g/mol. The topological polar surface area (TPSA) is 26.0 Å². The molecule has 0 aliphatic rings. The molecule has 0 aliphatic carbocycles. The van der Waals surface area contributed by atoms with Crippen LogP contribution in [0, 0.1) is 0 Å². The van der Waals surface area contributed by atoms with Crippen LogP contribution < -0.4 is 5.73 Å². The molecule has 0 amide bonds. The van der Waals surface area contributed by atoms with Crippen molar-refractivity contribution in [3.8, 4) is 0 Å². The van der Waals surface area contributed by atoms with E-state index in [0.29, 0.717) is 0 Å². The Hall–Kier alpha value is -1.61. The first-order valence-corrected chi connectivity index (χ1v) is 4.39. The first kappa shape index (κ1) is 15.4. The van der Waals surface area contributed by atoms with Crippen molar-refractivity contribution in [2.24, 2.45) is 0 Å². The number of rotatable bonds is 0. The Morgan fingerprint density at radius 3 is 1.21 bits per heavy atom. The van der Waals surface area contributed by atoms with Crippen molar-refractivity contribution in [1.82, 2.24) is 0 Å². The number of alkyl halides is 9. The zero-order valence-corrected chi connectivity index (χ0v) is 8.63. The minimum Gasteiger partial charge on any atom is -0.398 e. The van der Waals surface area contributed by atoms with Gasteiger partial charge in [0.25, 0.3) is 0 Å². The number of benzene rings is 1. The van der Waals surface area contributed by atoms with E-state index in [0.717, 1.165) is 0 Å². The van der Waals surface area contributed by atoms with Gasteiger partial charge in [-0.15, -0.1) is 0 Å². The van der Waals surface area contributed by atoms with Crippen molar-refractivity contribution >= 4 is 5.69 Å². The van der Waals surface area contributed by atoms with Gasteiger partial charge in [-0.1, -0.05) is 0 Å². The minimum atomic E-state index is -5.58. The van der Waals surface area contributed by atoms with Gasteiger partial charge in [-0.2, -0.15) is 39.5 Å². The van der Waals surface area contributed by atoms with Gasteiger partial charge in [0.15, 0.2) is 0 Å². The number of hydrogen-bond donors (Lipinski definition) is 1. The highest BCUT2D eigenvalue weighted by Gasteiger charge is 2.46. The van der Waals surface area contributed by atoms with Gasteiger partial charge in [-0.3, -0.25) is 0 Å². The average Bonchev–Trinajstić information content (AvgIpc) is 2.11. The van der Waals surface area contributed by atoms with Crippen LogP contribution in [0.25, 0.3) is 0 Å². The van der Waals surface area contributed by atoms with Crippen LogP contribution in [0.3, 0.4) is 0 Å². The molecule has 0 spiro atoms. The summed E-state index contributed by atoms with van der Waals surface area (Å²) in [7, 11) is 0. The molecular formula is C9H4F9N. The molecule has 0 saturated carbocycles. The Balaban J connectivity index is 3.66. The largest absolute Gasteiger partial charge is 0.418 e. The molecule has 0 heterocycles. The van der Waals surface area contributed by atoms with E-state index in [4.69, 9.17) is 5.73 Å². The summed E-state index contributed by atoms with van der Waals surface area (Å²) in [5.74, 6) is 0. The van der Waals surface area contributed by atoms with Gasteiger partial charge in [-0.05, 0) is 12.1 Å². The number of nitrogen functional groups attached to an aromatic ring is 1. The summed E-state index contributed by atoms with van der Waals surface area (Å²) in [5, 5.41) is 0. The smallest absolute Gasteiger partial charge is 0.398 e. The van der Waals surface area contributed by atoms with E-state index >= 15 is 0 Å². The highest BCUT2D eigenvalue weighted by molar-refractivity contribution is 5.55. The van der Waals surface area contributed by atoms with E-state index in [1.165, 1.54) is 0 Å². The van der Waals surface area contributed by atoms with Crippen LogP contribution in [-0.2, 0) is 18.5 Å². The van der Waals surface area contributed by atoms with Gasteiger partial charge in [0.2, 0.25) is 0 Å². The fourth-order valence-electron chi connectivity index (χ4n) is 1.33. The molecule has 0 aliphatic heterocycles. The maximum Gasteiger partial charge on any atom is 0.418 e. The number of anilines is 1. The second kappa shape index (κ2) is 4.20. The summed E-state index contributed by atoms with van der Waals surface area (Å²) in [5.41, 5.74) is -3.35. The lowest BCUT2D eigenvalue weighted by Crippen LogP contribution is -2.20. The molecule has 0 fully saturated rings. The predicted molar refractivity (Wildman–Crippen MR) is 45.9 cm³/mol.